The molecule has 0 saturated heterocycles. The van der Waals surface area contributed by atoms with Gasteiger partial charge < -0.3 is 23.4 Å². The molecule has 1 atom stereocenters. The van der Waals surface area contributed by atoms with Gasteiger partial charge in [0, 0.05) is 49.2 Å². The van der Waals surface area contributed by atoms with Gasteiger partial charge in [-0.2, -0.15) is 0 Å². The van der Waals surface area contributed by atoms with Crippen LogP contribution in [-0.2, 0) is 20.4 Å². The minimum absolute atomic E-state index is 0.159. The summed E-state index contributed by atoms with van der Waals surface area (Å²) in [5, 5.41) is 0.213. The van der Waals surface area contributed by atoms with E-state index in [1.807, 2.05) is 12.3 Å². The zero-order valence-corrected chi connectivity index (χ0v) is 26.1. The van der Waals surface area contributed by atoms with Crippen molar-refractivity contribution >= 4 is 25.0 Å². The standard InChI is InChI=1S/C32H44N4O3Si/c1-32(2,3)40(6,7)39-15-14-35-13-12-24(22-35)31-20-33-29-11-10-25(18-30(29)34-31)36(21-23-8-9-23)26-16-27(37-4)19-28(17-26)38-5/h10-13,16,18-20,22-23,26H,8-9,14-15,17,21H2,1-7H3. The van der Waals surface area contributed by atoms with Crippen LogP contribution in [0.5, 0.6) is 0 Å². The molecule has 1 fully saturated rings. The third-order valence-electron chi connectivity index (χ3n) is 8.64. The Balaban J connectivity index is 1.36. The number of aromatic nitrogens is 3. The zero-order valence-electron chi connectivity index (χ0n) is 25.1. The summed E-state index contributed by atoms with van der Waals surface area (Å²) in [5.41, 5.74) is 4.90. The highest BCUT2D eigenvalue weighted by Gasteiger charge is 2.37. The molecule has 0 spiro atoms. The van der Waals surface area contributed by atoms with Gasteiger partial charge >= 0.3 is 0 Å². The molecular weight excluding hydrogens is 516 g/mol. The number of ether oxygens (including phenoxy) is 2. The van der Waals surface area contributed by atoms with E-state index < -0.39 is 8.32 Å². The summed E-state index contributed by atoms with van der Waals surface area (Å²) in [6.07, 6.45) is 13.7. The first-order valence-electron chi connectivity index (χ1n) is 14.4. The lowest BCUT2D eigenvalue weighted by Crippen LogP contribution is -2.41. The molecule has 214 valence electrons. The predicted molar refractivity (Wildman–Crippen MR) is 165 cm³/mol. The SMILES string of the molecule is COC1=CC(N(CC2CC2)c2ccc3ncc(-c4ccn(CCO[Si](C)(C)C(C)(C)C)c4)nc3c2)CC(OC)=C1. The van der Waals surface area contributed by atoms with Crippen LogP contribution in [0.15, 0.2) is 66.5 Å². The number of methoxy groups -OCH3 is 2. The summed E-state index contributed by atoms with van der Waals surface area (Å²) in [4.78, 5) is 12.3. The molecule has 0 amide bonds. The first-order chi connectivity index (χ1) is 19.1. The van der Waals surface area contributed by atoms with E-state index in [1.165, 1.54) is 12.8 Å². The van der Waals surface area contributed by atoms with Crippen LogP contribution in [0.2, 0.25) is 18.1 Å². The Labute approximate surface area is 240 Å². The smallest absolute Gasteiger partial charge is 0.192 e. The molecule has 7 nitrogen and oxygen atoms in total. The summed E-state index contributed by atoms with van der Waals surface area (Å²) < 4.78 is 19.8. The van der Waals surface area contributed by atoms with Crippen LogP contribution in [0.4, 0.5) is 5.69 Å². The summed E-state index contributed by atoms with van der Waals surface area (Å²) in [6.45, 7) is 14.0. The molecule has 2 heterocycles. The average Bonchev–Trinajstić information content (AvgIpc) is 3.64. The number of benzene rings is 1. The van der Waals surface area contributed by atoms with Gasteiger partial charge in [0.05, 0.1) is 49.8 Å². The van der Waals surface area contributed by atoms with Crippen molar-refractivity contribution < 1.29 is 13.9 Å². The van der Waals surface area contributed by atoms with Gasteiger partial charge in [-0.15, -0.1) is 0 Å². The van der Waals surface area contributed by atoms with Crippen molar-refractivity contribution in [3.05, 3.63) is 66.5 Å². The topological polar surface area (TPSA) is 61.6 Å². The van der Waals surface area contributed by atoms with E-state index in [9.17, 15) is 0 Å². The van der Waals surface area contributed by atoms with Gasteiger partial charge in [-0.25, -0.2) is 4.98 Å². The van der Waals surface area contributed by atoms with Crippen LogP contribution in [0.25, 0.3) is 22.3 Å². The molecule has 0 radical (unpaired) electrons. The summed E-state index contributed by atoms with van der Waals surface area (Å²) in [7, 11) is 1.69. The largest absolute Gasteiger partial charge is 0.501 e. The van der Waals surface area contributed by atoms with Crippen molar-refractivity contribution in [2.45, 2.75) is 70.8 Å². The maximum Gasteiger partial charge on any atom is 0.192 e. The average molecular weight is 561 g/mol. The molecule has 2 aliphatic rings. The third kappa shape index (κ3) is 6.44. The molecule has 5 rings (SSSR count). The zero-order chi connectivity index (χ0) is 28.5. The number of hydrogen-bond donors (Lipinski definition) is 0. The fourth-order valence-electron chi connectivity index (χ4n) is 4.87. The van der Waals surface area contributed by atoms with Crippen molar-refractivity contribution in [3.63, 3.8) is 0 Å². The van der Waals surface area contributed by atoms with Crippen molar-refractivity contribution in [1.82, 2.24) is 14.5 Å². The molecule has 0 N–H and O–H groups in total. The van der Waals surface area contributed by atoms with E-state index in [2.05, 4.69) is 86.1 Å². The van der Waals surface area contributed by atoms with E-state index >= 15 is 0 Å². The third-order valence-corrected chi connectivity index (χ3v) is 13.2. The minimum atomic E-state index is -1.75. The first kappa shape index (κ1) is 28.4. The van der Waals surface area contributed by atoms with Gasteiger partial charge in [-0.05, 0) is 67.2 Å². The van der Waals surface area contributed by atoms with Gasteiger partial charge in [-0.3, -0.25) is 4.98 Å². The lowest BCUT2D eigenvalue weighted by atomic mass is 10.0. The summed E-state index contributed by atoms with van der Waals surface area (Å²) in [6, 6.07) is 8.71. The minimum Gasteiger partial charge on any atom is -0.501 e. The Kier molecular flexibility index (Phi) is 8.11. The lowest BCUT2D eigenvalue weighted by molar-refractivity contribution is 0.251. The predicted octanol–water partition coefficient (Wildman–Crippen LogP) is 7.17. The first-order valence-corrected chi connectivity index (χ1v) is 17.3. The fraction of sp³-hybridized carbons (Fsp3) is 0.500. The molecule has 0 bridgehead atoms. The molecule has 8 heteroatoms. The monoisotopic (exact) mass is 560 g/mol. The van der Waals surface area contributed by atoms with Crippen LogP contribution in [0.3, 0.4) is 0 Å². The van der Waals surface area contributed by atoms with Crippen molar-refractivity contribution in [3.8, 4) is 11.3 Å². The number of allylic oxidation sites excluding steroid dienone is 1. The molecule has 1 aromatic carbocycles. The van der Waals surface area contributed by atoms with E-state index in [4.69, 9.17) is 23.9 Å². The van der Waals surface area contributed by atoms with Crippen LogP contribution in [-0.4, -0.2) is 56.3 Å². The molecule has 1 saturated carbocycles. The van der Waals surface area contributed by atoms with Crippen LogP contribution in [0.1, 0.15) is 40.0 Å². The fourth-order valence-corrected chi connectivity index (χ4v) is 5.91. The second-order valence-electron chi connectivity index (χ2n) is 12.6. The number of hydrogen-bond acceptors (Lipinski definition) is 6. The normalized spacial score (nSPS) is 17.9. The number of nitrogens with zero attached hydrogens (tertiary/aromatic N) is 4. The summed E-state index contributed by atoms with van der Waals surface area (Å²) >= 11 is 0. The van der Waals surface area contributed by atoms with Crippen molar-refractivity contribution in [2.24, 2.45) is 5.92 Å². The van der Waals surface area contributed by atoms with Gasteiger partial charge in [0.15, 0.2) is 8.32 Å². The van der Waals surface area contributed by atoms with E-state index in [1.54, 1.807) is 14.2 Å². The molecule has 0 aliphatic heterocycles. The summed E-state index contributed by atoms with van der Waals surface area (Å²) in [5.74, 6) is 2.51. The van der Waals surface area contributed by atoms with Gasteiger partial charge in [0.25, 0.3) is 0 Å². The Morgan fingerprint density at radius 1 is 1.07 bits per heavy atom. The van der Waals surface area contributed by atoms with Crippen molar-refractivity contribution in [1.29, 1.82) is 0 Å². The van der Waals surface area contributed by atoms with Crippen molar-refractivity contribution in [2.75, 3.05) is 32.3 Å². The molecule has 3 aromatic rings. The maximum atomic E-state index is 6.38. The Morgan fingerprint density at radius 2 is 1.88 bits per heavy atom. The Hall–Kier alpha value is -3.10. The highest BCUT2D eigenvalue weighted by atomic mass is 28.4. The van der Waals surface area contributed by atoms with Gasteiger partial charge in [0.2, 0.25) is 0 Å². The van der Waals surface area contributed by atoms with Gasteiger partial charge in [0.1, 0.15) is 11.5 Å². The highest BCUT2D eigenvalue weighted by molar-refractivity contribution is 6.74. The molecular formula is C32H44N4O3Si. The number of fused-ring (bicyclic) bond motifs is 1. The second-order valence-corrected chi connectivity index (χ2v) is 17.4. The molecule has 2 aromatic heterocycles. The lowest BCUT2D eigenvalue weighted by Gasteiger charge is -2.36. The highest BCUT2D eigenvalue weighted by Crippen LogP contribution is 2.37. The van der Waals surface area contributed by atoms with E-state index in [-0.39, 0.29) is 11.1 Å². The van der Waals surface area contributed by atoms with E-state index in [0.717, 1.165) is 64.9 Å². The molecule has 1 unspecified atom stereocenters. The van der Waals surface area contributed by atoms with Gasteiger partial charge in [-0.1, -0.05) is 20.8 Å². The Morgan fingerprint density at radius 3 is 2.58 bits per heavy atom. The second kappa shape index (κ2) is 11.4. The maximum absolute atomic E-state index is 6.38. The van der Waals surface area contributed by atoms with Crippen LogP contribution >= 0.6 is 0 Å². The van der Waals surface area contributed by atoms with E-state index in [0.29, 0.717) is 6.61 Å². The molecule has 2 aliphatic carbocycles. The Bertz CT molecular complexity index is 1400. The molecule has 40 heavy (non-hydrogen) atoms. The number of anilines is 1. The quantitative estimate of drug-likeness (QED) is 0.232. The van der Waals surface area contributed by atoms with Crippen LogP contribution < -0.4 is 4.90 Å². The number of rotatable bonds is 11. The van der Waals surface area contributed by atoms with Crippen LogP contribution in [0, 0.1) is 5.92 Å².